The van der Waals surface area contributed by atoms with Gasteiger partial charge in [0, 0.05) is 18.1 Å². The number of nitrogens with zero attached hydrogens (tertiary/aromatic N) is 1. The van der Waals surface area contributed by atoms with Gasteiger partial charge in [0.25, 0.3) is 0 Å². The van der Waals surface area contributed by atoms with E-state index in [-0.39, 0.29) is 18.0 Å². The van der Waals surface area contributed by atoms with Crippen LogP contribution < -0.4 is 10.5 Å². The van der Waals surface area contributed by atoms with E-state index in [2.05, 4.69) is 10.3 Å². The van der Waals surface area contributed by atoms with E-state index in [1.165, 1.54) is 0 Å². The highest BCUT2D eigenvalue weighted by molar-refractivity contribution is 7.89. The van der Waals surface area contributed by atoms with Crippen molar-refractivity contribution in [2.45, 2.75) is 0 Å². The lowest BCUT2D eigenvalue weighted by atomic mass is 10.1. The number of fused-ring (bicyclic) bond motifs is 1. The molecule has 0 spiro atoms. The Morgan fingerprint density at radius 3 is 2.83 bits per heavy atom. The number of sulfonamides is 1. The lowest BCUT2D eigenvalue weighted by Gasteiger charge is -2.08. The molecule has 0 saturated heterocycles. The maximum atomic E-state index is 10.8. The standard InChI is InChI=1S/C11H13N3O3S/c12-18(16,17)6-5-14-11-10-7-9(15)2-1-8(10)3-4-13-11/h1-4,7,15H,5-6H2,(H,13,14)(H2,12,16,17). The summed E-state index contributed by atoms with van der Waals surface area (Å²) in [6.07, 6.45) is 1.61. The predicted molar refractivity (Wildman–Crippen MR) is 69.9 cm³/mol. The first-order chi connectivity index (χ1) is 8.46. The highest BCUT2D eigenvalue weighted by Gasteiger charge is 2.05. The highest BCUT2D eigenvalue weighted by atomic mass is 32.2. The van der Waals surface area contributed by atoms with E-state index < -0.39 is 10.0 Å². The van der Waals surface area contributed by atoms with E-state index in [4.69, 9.17) is 5.14 Å². The second-order valence-corrected chi connectivity index (χ2v) is 5.59. The molecule has 0 saturated carbocycles. The van der Waals surface area contributed by atoms with Crippen molar-refractivity contribution < 1.29 is 13.5 Å². The van der Waals surface area contributed by atoms with Crippen LogP contribution in [0.2, 0.25) is 0 Å². The molecule has 2 aromatic rings. The van der Waals surface area contributed by atoms with Gasteiger partial charge in [0.1, 0.15) is 11.6 Å². The summed E-state index contributed by atoms with van der Waals surface area (Å²) in [5, 5.41) is 18.9. The summed E-state index contributed by atoms with van der Waals surface area (Å²) in [5.41, 5.74) is 0. The average Bonchev–Trinajstić information content (AvgIpc) is 2.28. The number of hydrogen-bond acceptors (Lipinski definition) is 5. The number of primary sulfonamides is 1. The van der Waals surface area contributed by atoms with Crippen molar-refractivity contribution >= 4 is 26.6 Å². The normalized spacial score (nSPS) is 11.6. The maximum absolute atomic E-state index is 10.8. The molecule has 0 aliphatic heterocycles. The van der Waals surface area contributed by atoms with Crippen LogP contribution in [-0.4, -0.2) is 30.8 Å². The minimum Gasteiger partial charge on any atom is -0.508 e. The van der Waals surface area contributed by atoms with Gasteiger partial charge in [0.15, 0.2) is 0 Å². The number of aromatic hydroxyl groups is 1. The van der Waals surface area contributed by atoms with E-state index >= 15 is 0 Å². The zero-order chi connectivity index (χ0) is 13.2. The Kier molecular flexibility index (Phi) is 3.35. The second-order valence-electron chi connectivity index (χ2n) is 3.86. The summed E-state index contributed by atoms with van der Waals surface area (Å²) in [6, 6.07) is 6.72. The largest absolute Gasteiger partial charge is 0.508 e. The lowest BCUT2D eigenvalue weighted by Crippen LogP contribution is -2.22. The highest BCUT2D eigenvalue weighted by Crippen LogP contribution is 2.24. The monoisotopic (exact) mass is 267 g/mol. The van der Waals surface area contributed by atoms with Gasteiger partial charge in [0.2, 0.25) is 10.0 Å². The fourth-order valence-electron chi connectivity index (χ4n) is 1.61. The number of aromatic nitrogens is 1. The summed E-state index contributed by atoms with van der Waals surface area (Å²) in [6.45, 7) is 0.167. The van der Waals surface area contributed by atoms with Crippen molar-refractivity contribution in [2.24, 2.45) is 5.14 Å². The van der Waals surface area contributed by atoms with Crippen LogP contribution >= 0.6 is 0 Å². The van der Waals surface area contributed by atoms with Crippen molar-refractivity contribution in [1.29, 1.82) is 0 Å². The average molecular weight is 267 g/mol. The number of rotatable bonds is 4. The number of phenolic OH excluding ortho intramolecular Hbond substituents is 1. The third kappa shape index (κ3) is 3.08. The van der Waals surface area contributed by atoms with Crippen LogP contribution in [0.5, 0.6) is 5.75 Å². The summed E-state index contributed by atoms with van der Waals surface area (Å²) < 4.78 is 21.6. The molecule has 2 rings (SSSR count). The van der Waals surface area contributed by atoms with Gasteiger partial charge >= 0.3 is 0 Å². The van der Waals surface area contributed by atoms with Crippen molar-refractivity contribution in [3.63, 3.8) is 0 Å². The van der Waals surface area contributed by atoms with E-state index in [1.54, 1.807) is 30.5 Å². The summed E-state index contributed by atoms with van der Waals surface area (Å²) >= 11 is 0. The SMILES string of the molecule is NS(=O)(=O)CCNc1nccc2ccc(O)cc12. The Labute approximate surface area is 105 Å². The first-order valence-electron chi connectivity index (χ1n) is 5.28. The predicted octanol–water partition coefficient (Wildman–Crippen LogP) is 0.641. The molecule has 96 valence electrons. The maximum Gasteiger partial charge on any atom is 0.210 e. The quantitative estimate of drug-likeness (QED) is 0.754. The number of phenols is 1. The van der Waals surface area contributed by atoms with Crippen LogP contribution in [0.25, 0.3) is 10.8 Å². The third-order valence-electron chi connectivity index (χ3n) is 2.43. The molecule has 0 unspecified atom stereocenters. The minimum absolute atomic E-state index is 0.130. The van der Waals surface area contributed by atoms with Gasteiger partial charge in [0.05, 0.1) is 5.75 Å². The first kappa shape index (κ1) is 12.6. The molecule has 6 nitrogen and oxygen atoms in total. The van der Waals surface area contributed by atoms with Crippen LogP contribution in [0.1, 0.15) is 0 Å². The summed E-state index contributed by atoms with van der Waals surface area (Å²) in [7, 11) is -3.50. The smallest absolute Gasteiger partial charge is 0.210 e. The van der Waals surface area contributed by atoms with Crippen LogP contribution in [0.4, 0.5) is 5.82 Å². The summed E-state index contributed by atoms with van der Waals surface area (Å²) in [4.78, 5) is 4.11. The van der Waals surface area contributed by atoms with Crippen molar-refractivity contribution in [3.8, 4) is 5.75 Å². The van der Waals surface area contributed by atoms with Crippen LogP contribution in [-0.2, 0) is 10.0 Å². The lowest BCUT2D eigenvalue weighted by molar-refractivity contribution is 0.476. The Balaban J connectivity index is 2.25. The Bertz CT molecular complexity index is 670. The number of pyridine rings is 1. The fraction of sp³-hybridized carbons (Fsp3) is 0.182. The molecular weight excluding hydrogens is 254 g/mol. The van der Waals surface area contributed by atoms with E-state index in [9.17, 15) is 13.5 Å². The van der Waals surface area contributed by atoms with E-state index in [1.807, 2.05) is 0 Å². The van der Waals surface area contributed by atoms with Gasteiger partial charge in [-0.1, -0.05) is 6.07 Å². The second kappa shape index (κ2) is 4.79. The molecular formula is C11H13N3O3S. The molecule has 0 atom stereocenters. The molecule has 0 bridgehead atoms. The molecule has 0 radical (unpaired) electrons. The zero-order valence-corrected chi connectivity index (χ0v) is 10.3. The molecule has 1 aromatic carbocycles. The van der Waals surface area contributed by atoms with Gasteiger partial charge in [-0.15, -0.1) is 0 Å². The molecule has 1 heterocycles. The molecule has 0 aliphatic rings. The Morgan fingerprint density at radius 1 is 1.33 bits per heavy atom. The number of benzene rings is 1. The molecule has 1 aromatic heterocycles. The van der Waals surface area contributed by atoms with Gasteiger partial charge in [-0.3, -0.25) is 0 Å². The molecule has 18 heavy (non-hydrogen) atoms. The van der Waals surface area contributed by atoms with Gasteiger partial charge < -0.3 is 10.4 Å². The van der Waals surface area contributed by atoms with Crippen LogP contribution in [0.15, 0.2) is 30.5 Å². The molecule has 4 N–H and O–H groups in total. The van der Waals surface area contributed by atoms with Crippen molar-refractivity contribution in [3.05, 3.63) is 30.5 Å². The molecule has 0 aliphatic carbocycles. The van der Waals surface area contributed by atoms with Crippen molar-refractivity contribution in [2.75, 3.05) is 17.6 Å². The van der Waals surface area contributed by atoms with Crippen LogP contribution in [0.3, 0.4) is 0 Å². The number of nitrogens with two attached hydrogens (primary N) is 1. The minimum atomic E-state index is -3.50. The fourth-order valence-corrected chi connectivity index (χ4v) is 2.00. The zero-order valence-electron chi connectivity index (χ0n) is 9.50. The number of hydrogen-bond donors (Lipinski definition) is 3. The van der Waals surface area contributed by atoms with Gasteiger partial charge in [-0.05, 0) is 23.6 Å². The van der Waals surface area contributed by atoms with E-state index in [0.717, 1.165) is 10.8 Å². The molecule has 0 fully saturated rings. The first-order valence-corrected chi connectivity index (χ1v) is 6.99. The molecule has 7 heteroatoms. The van der Waals surface area contributed by atoms with Crippen molar-refractivity contribution in [1.82, 2.24) is 4.98 Å². The van der Waals surface area contributed by atoms with Crippen LogP contribution in [0, 0.1) is 0 Å². The number of anilines is 1. The summed E-state index contributed by atoms with van der Waals surface area (Å²) in [5.74, 6) is 0.473. The molecule has 0 amide bonds. The third-order valence-corrected chi connectivity index (χ3v) is 3.20. The van der Waals surface area contributed by atoms with E-state index in [0.29, 0.717) is 5.82 Å². The Hall–Kier alpha value is -1.86. The van der Waals surface area contributed by atoms with Gasteiger partial charge in [-0.25, -0.2) is 18.5 Å². The Morgan fingerprint density at radius 2 is 2.11 bits per heavy atom. The topological polar surface area (TPSA) is 105 Å². The van der Waals surface area contributed by atoms with Gasteiger partial charge in [-0.2, -0.15) is 0 Å². The number of nitrogens with one attached hydrogen (secondary N) is 1.